The van der Waals surface area contributed by atoms with Crippen LogP contribution in [-0.2, 0) is 16.1 Å². The second-order valence-corrected chi connectivity index (χ2v) is 6.97. The molecule has 0 spiro atoms. The van der Waals surface area contributed by atoms with Crippen LogP contribution in [0.4, 0.5) is 18.9 Å². The first-order valence-electron chi connectivity index (χ1n) is 9.92. The molecule has 2 N–H and O–H groups in total. The van der Waals surface area contributed by atoms with E-state index in [1.54, 1.807) is 7.11 Å². The number of carboxylic acids is 1. The average molecular weight is 453 g/mol. The molecule has 0 aromatic heterocycles. The Bertz CT molecular complexity index is 855. The molecule has 7 nitrogen and oxygen atoms in total. The van der Waals surface area contributed by atoms with Gasteiger partial charge in [-0.1, -0.05) is 30.3 Å². The lowest BCUT2D eigenvalue weighted by Crippen LogP contribution is -2.49. The first-order chi connectivity index (χ1) is 15.2. The molecule has 0 bridgehead atoms. The van der Waals surface area contributed by atoms with E-state index in [4.69, 9.17) is 14.6 Å². The number of anilines is 1. The van der Waals surface area contributed by atoms with E-state index in [0.717, 1.165) is 43.2 Å². The van der Waals surface area contributed by atoms with Crippen LogP contribution in [0.1, 0.15) is 5.56 Å². The molecule has 32 heavy (non-hydrogen) atoms. The number of aliphatic carboxylic acids is 1. The van der Waals surface area contributed by atoms with Gasteiger partial charge < -0.3 is 25.0 Å². The number of carbonyl (C=O) groups excluding carboxylic acids is 1. The van der Waals surface area contributed by atoms with Crippen LogP contribution in [-0.4, -0.2) is 67.9 Å². The van der Waals surface area contributed by atoms with Crippen molar-refractivity contribution in [2.45, 2.75) is 12.7 Å². The normalized spacial score (nSPS) is 13.6. The minimum atomic E-state index is -5.08. The van der Waals surface area contributed by atoms with Crippen molar-refractivity contribution in [3.05, 3.63) is 60.2 Å². The molecule has 0 unspecified atom stereocenters. The van der Waals surface area contributed by atoms with Crippen molar-refractivity contribution in [3.8, 4) is 5.75 Å². The Balaban J connectivity index is 0.000000451. The number of rotatable bonds is 6. The van der Waals surface area contributed by atoms with Crippen LogP contribution >= 0.6 is 0 Å². The second kappa shape index (κ2) is 11.9. The Morgan fingerprint density at radius 2 is 1.62 bits per heavy atom. The lowest BCUT2D eigenvalue weighted by atomic mass is 10.2. The van der Waals surface area contributed by atoms with Crippen molar-refractivity contribution in [3.63, 3.8) is 0 Å². The van der Waals surface area contributed by atoms with Gasteiger partial charge >= 0.3 is 12.1 Å². The number of nitrogens with zero attached hydrogens (tertiary/aromatic N) is 2. The van der Waals surface area contributed by atoms with E-state index in [9.17, 15) is 18.0 Å². The number of hydrogen-bond donors (Lipinski definition) is 2. The summed E-state index contributed by atoms with van der Waals surface area (Å²) in [6.07, 6.45) is -5.08. The van der Waals surface area contributed by atoms with Crippen molar-refractivity contribution in [1.82, 2.24) is 10.2 Å². The van der Waals surface area contributed by atoms with E-state index < -0.39 is 12.1 Å². The first-order valence-corrected chi connectivity index (χ1v) is 9.92. The number of hydrogen-bond acceptors (Lipinski definition) is 5. The Hall–Kier alpha value is -3.27. The summed E-state index contributed by atoms with van der Waals surface area (Å²) in [5.41, 5.74) is 2.21. The molecule has 10 heteroatoms. The number of halogens is 3. The number of alkyl halides is 3. The largest absolute Gasteiger partial charge is 0.497 e. The monoisotopic (exact) mass is 453 g/mol. The lowest BCUT2D eigenvalue weighted by molar-refractivity contribution is -0.192. The van der Waals surface area contributed by atoms with Crippen molar-refractivity contribution < 1.29 is 32.6 Å². The molecule has 1 aliphatic rings. The van der Waals surface area contributed by atoms with Crippen LogP contribution in [0.25, 0.3) is 0 Å². The van der Waals surface area contributed by atoms with Crippen molar-refractivity contribution in [1.29, 1.82) is 0 Å². The van der Waals surface area contributed by atoms with Crippen LogP contribution in [0.5, 0.6) is 5.75 Å². The zero-order valence-corrected chi connectivity index (χ0v) is 17.6. The van der Waals surface area contributed by atoms with Crippen LogP contribution in [0.15, 0.2) is 54.6 Å². The van der Waals surface area contributed by atoms with E-state index in [1.807, 2.05) is 47.4 Å². The zero-order chi connectivity index (χ0) is 23.6. The Labute approximate surface area is 184 Å². The summed E-state index contributed by atoms with van der Waals surface area (Å²) < 4.78 is 37.0. The summed E-state index contributed by atoms with van der Waals surface area (Å²) in [4.78, 5) is 25.7. The van der Waals surface area contributed by atoms with Gasteiger partial charge in [0.1, 0.15) is 5.75 Å². The highest BCUT2D eigenvalue weighted by molar-refractivity contribution is 5.81. The molecule has 0 saturated carbocycles. The molecular weight excluding hydrogens is 427 g/mol. The number of amides is 1. The smallest absolute Gasteiger partial charge is 0.490 e. The van der Waals surface area contributed by atoms with E-state index in [0.29, 0.717) is 13.1 Å². The molecule has 2 aromatic carbocycles. The second-order valence-electron chi connectivity index (χ2n) is 6.97. The zero-order valence-electron chi connectivity index (χ0n) is 17.6. The number of ether oxygens (including phenoxy) is 1. The Morgan fingerprint density at radius 1 is 1.06 bits per heavy atom. The van der Waals surface area contributed by atoms with Gasteiger partial charge in [-0.05, 0) is 29.8 Å². The number of carbonyl (C=O) groups is 2. The Morgan fingerprint density at radius 3 is 2.12 bits per heavy atom. The molecule has 1 aliphatic heterocycles. The SMILES string of the molecule is COc1ccc(CN(CC(=O)N2CCNCC2)c2ccccc2)cc1.O=C(O)C(F)(F)F. The summed E-state index contributed by atoms with van der Waals surface area (Å²) >= 11 is 0. The van der Waals surface area contributed by atoms with Crippen LogP contribution < -0.4 is 15.0 Å². The van der Waals surface area contributed by atoms with Crippen LogP contribution in [0, 0.1) is 0 Å². The third-order valence-corrected chi connectivity index (χ3v) is 4.69. The van der Waals surface area contributed by atoms with Crippen LogP contribution in [0.2, 0.25) is 0 Å². The van der Waals surface area contributed by atoms with Crippen molar-refractivity contribution in [2.75, 3.05) is 44.7 Å². The van der Waals surface area contributed by atoms with Gasteiger partial charge in [-0.25, -0.2) is 4.79 Å². The number of benzene rings is 2. The lowest BCUT2D eigenvalue weighted by Gasteiger charge is -2.31. The summed E-state index contributed by atoms with van der Waals surface area (Å²) in [6, 6.07) is 18.1. The van der Waals surface area contributed by atoms with Crippen LogP contribution in [0.3, 0.4) is 0 Å². The summed E-state index contributed by atoms with van der Waals surface area (Å²) in [6.45, 7) is 4.38. The molecule has 2 aromatic rings. The number of piperazine rings is 1. The van der Waals surface area contributed by atoms with E-state index in [2.05, 4.69) is 22.3 Å². The van der Waals surface area contributed by atoms with Gasteiger partial charge in [0.05, 0.1) is 13.7 Å². The molecule has 1 saturated heterocycles. The number of carboxylic acid groups (broad SMARTS) is 1. The fourth-order valence-corrected chi connectivity index (χ4v) is 3.01. The molecule has 0 atom stereocenters. The standard InChI is InChI=1S/C20H25N3O2.C2HF3O2/c1-25-19-9-7-17(8-10-19)15-23(18-5-3-2-4-6-18)16-20(24)22-13-11-21-12-14-22;3-2(4,5)1(6)7/h2-10,21H,11-16H2,1H3;(H,6,7). The maximum Gasteiger partial charge on any atom is 0.490 e. The van der Waals surface area contributed by atoms with Crippen molar-refractivity contribution in [2.24, 2.45) is 0 Å². The quantitative estimate of drug-likeness (QED) is 0.700. The van der Waals surface area contributed by atoms with Gasteiger partial charge in [0, 0.05) is 38.4 Å². The number of nitrogens with one attached hydrogen (secondary N) is 1. The third-order valence-electron chi connectivity index (χ3n) is 4.69. The predicted molar refractivity (Wildman–Crippen MR) is 114 cm³/mol. The maximum absolute atomic E-state index is 12.7. The molecule has 1 fully saturated rings. The van der Waals surface area contributed by atoms with E-state index in [1.165, 1.54) is 0 Å². The highest BCUT2D eigenvalue weighted by Gasteiger charge is 2.38. The number of methoxy groups -OCH3 is 1. The molecular formula is C22H26F3N3O4. The molecule has 1 amide bonds. The first kappa shape index (κ1) is 25.0. The fraction of sp³-hybridized carbons (Fsp3) is 0.364. The topological polar surface area (TPSA) is 82.1 Å². The van der Waals surface area contributed by atoms with Gasteiger partial charge in [-0.2, -0.15) is 13.2 Å². The summed E-state index contributed by atoms with van der Waals surface area (Å²) in [5, 5.41) is 10.4. The summed E-state index contributed by atoms with van der Waals surface area (Å²) in [7, 11) is 1.66. The highest BCUT2D eigenvalue weighted by atomic mass is 19.4. The molecule has 0 aliphatic carbocycles. The highest BCUT2D eigenvalue weighted by Crippen LogP contribution is 2.19. The molecule has 174 valence electrons. The van der Waals surface area contributed by atoms with Gasteiger partial charge in [0.25, 0.3) is 0 Å². The van der Waals surface area contributed by atoms with E-state index >= 15 is 0 Å². The number of para-hydroxylation sites is 1. The maximum atomic E-state index is 12.7. The third kappa shape index (κ3) is 8.10. The van der Waals surface area contributed by atoms with E-state index in [-0.39, 0.29) is 5.91 Å². The minimum Gasteiger partial charge on any atom is -0.497 e. The predicted octanol–water partition coefficient (Wildman–Crippen LogP) is 2.77. The van der Waals surface area contributed by atoms with Crippen molar-refractivity contribution >= 4 is 17.6 Å². The van der Waals surface area contributed by atoms with Gasteiger partial charge in [-0.15, -0.1) is 0 Å². The molecule has 1 heterocycles. The average Bonchev–Trinajstić information content (AvgIpc) is 2.80. The Kier molecular flexibility index (Phi) is 9.33. The molecule has 3 rings (SSSR count). The van der Waals surface area contributed by atoms with Gasteiger partial charge in [-0.3, -0.25) is 4.79 Å². The molecule has 0 radical (unpaired) electrons. The van der Waals surface area contributed by atoms with Gasteiger partial charge in [0.15, 0.2) is 0 Å². The summed E-state index contributed by atoms with van der Waals surface area (Å²) in [5.74, 6) is -1.74. The fourth-order valence-electron chi connectivity index (χ4n) is 3.01. The van der Waals surface area contributed by atoms with Gasteiger partial charge in [0.2, 0.25) is 5.91 Å². The minimum absolute atomic E-state index is 0.180.